The van der Waals surface area contributed by atoms with E-state index < -0.39 is 0 Å². The van der Waals surface area contributed by atoms with Crippen LogP contribution in [0.25, 0.3) is 0 Å². The fourth-order valence-corrected chi connectivity index (χ4v) is 3.73. The number of aryl methyl sites for hydroxylation is 1. The lowest BCUT2D eigenvalue weighted by Crippen LogP contribution is -2.23. The van der Waals surface area contributed by atoms with E-state index in [-0.39, 0.29) is 17.2 Å². The number of hydrogen-bond donors (Lipinski definition) is 1. The van der Waals surface area contributed by atoms with Gasteiger partial charge in [-0.15, -0.1) is 0 Å². The molecule has 0 bridgehead atoms. The third-order valence-corrected chi connectivity index (χ3v) is 5.60. The molecule has 0 saturated heterocycles. The van der Waals surface area contributed by atoms with Crippen LogP contribution in [-0.2, 0) is 12.0 Å². The minimum atomic E-state index is -0.143. The molecule has 0 spiro atoms. The number of carbonyl (C=O) groups is 2. The lowest BCUT2D eigenvalue weighted by Gasteiger charge is -2.19. The molecule has 0 aliphatic carbocycles. The van der Waals surface area contributed by atoms with Crippen molar-refractivity contribution in [3.8, 4) is 0 Å². The minimum absolute atomic E-state index is 0.0146. The van der Waals surface area contributed by atoms with Gasteiger partial charge in [0.05, 0.1) is 6.54 Å². The van der Waals surface area contributed by atoms with Gasteiger partial charge in [0.2, 0.25) is 0 Å². The van der Waals surface area contributed by atoms with Crippen molar-refractivity contribution in [2.45, 2.75) is 39.7 Å². The van der Waals surface area contributed by atoms with Crippen molar-refractivity contribution in [3.05, 3.63) is 94.5 Å². The molecule has 0 atom stereocenters. The number of anilines is 2. The highest BCUT2D eigenvalue weighted by Gasteiger charge is 2.28. The van der Waals surface area contributed by atoms with Crippen LogP contribution >= 0.6 is 0 Å². The van der Waals surface area contributed by atoms with Crippen LogP contribution in [0.15, 0.2) is 66.7 Å². The van der Waals surface area contributed by atoms with Crippen molar-refractivity contribution in [3.63, 3.8) is 0 Å². The molecular formula is C26H26N2O2. The number of benzene rings is 3. The first-order valence-electron chi connectivity index (χ1n) is 10.2. The number of fused-ring (bicyclic) bond motifs is 1. The smallest absolute Gasteiger partial charge is 0.258 e. The molecule has 1 aliphatic rings. The summed E-state index contributed by atoms with van der Waals surface area (Å²) in [5, 5.41) is 2.99. The molecule has 4 heteroatoms. The zero-order valence-corrected chi connectivity index (χ0v) is 17.8. The zero-order valence-electron chi connectivity index (χ0n) is 17.8. The van der Waals surface area contributed by atoms with Crippen LogP contribution in [0.5, 0.6) is 0 Å². The molecule has 2 amide bonds. The van der Waals surface area contributed by atoms with Gasteiger partial charge in [-0.2, -0.15) is 0 Å². The maximum Gasteiger partial charge on any atom is 0.258 e. The van der Waals surface area contributed by atoms with Gasteiger partial charge in [-0.05, 0) is 65.4 Å². The van der Waals surface area contributed by atoms with Crippen LogP contribution in [0.4, 0.5) is 11.4 Å². The number of rotatable bonds is 3. The van der Waals surface area contributed by atoms with E-state index in [1.165, 1.54) is 5.56 Å². The Hall–Kier alpha value is -3.40. The van der Waals surface area contributed by atoms with Gasteiger partial charge >= 0.3 is 0 Å². The summed E-state index contributed by atoms with van der Waals surface area (Å²) in [6, 6.07) is 21.1. The maximum absolute atomic E-state index is 12.7. The third-order valence-electron chi connectivity index (χ3n) is 5.60. The van der Waals surface area contributed by atoms with Gasteiger partial charge < -0.3 is 10.2 Å². The number of carbonyl (C=O) groups excluding carboxylic acids is 2. The third kappa shape index (κ3) is 3.73. The van der Waals surface area contributed by atoms with Crippen LogP contribution in [-0.4, -0.2) is 11.8 Å². The van der Waals surface area contributed by atoms with Crippen molar-refractivity contribution in [2.75, 3.05) is 10.2 Å². The predicted molar refractivity (Wildman–Crippen MR) is 121 cm³/mol. The fourth-order valence-electron chi connectivity index (χ4n) is 3.73. The van der Waals surface area contributed by atoms with Gasteiger partial charge in [-0.25, -0.2) is 0 Å². The molecule has 152 valence electrons. The Morgan fingerprint density at radius 3 is 2.30 bits per heavy atom. The van der Waals surface area contributed by atoms with Crippen LogP contribution in [0, 0.1) is 6.92 Å². The standard InChI is InChI=1S/C26H26N2O2/c1-17-15-21(28-16-19-7-5-6-8-22(19)25(28)30)13-14-23(17)27-24(29)18-9-11-20(12-10-18)26(2,3)4/h5-15H,16H2,1-4H3,(H,27,29). The van der Waals surface area contributed by atoms with Gasteiger partial charge in [-0.3, -0.25) is 9.59 Å². The Kier molecular flexibility index (Phi) is 4.94. The molecule has 0 fully saturated rings. The van der Waals surface area contributed by atoms with Crippen molar-refractivity contribution >= 4 is 23.2 Å². The topological polar surface area (TPSA) is 49.4 Å². The number of nitrogens with zero attached hydrogens (tertiary/aromatic N) is 1. The minimum Gasteiger partial charge on any atom is -0.322 e. The molecule has 1 aliphatic heterocycles. The molecule has 4 rings (SSSR count). The summed E-state index contributed by atoms with van der Waals surface area (Å²) >= 11 is 0. The highest BCUT2D eigenvalue weighted by molar-refractivity contribution is 6.10. The molecular weight excluding hydrogens is 372 g/mol. The van der Waals surface area contributed by atoms with E-state index in [1.807, 2.05) is 73.7 Å². The molecule has 1 N–H and O–H groups in total. The van der Waals surface area contributed by atoms with Crippen molar-refractivity contribution in [2.24, 2.45) is 0 Å². The van der Waals surface area contributed by atoms with Crippen LogP contribution < -0.4 is 10.2 Å². The molecule has 4 nitrogen and oxygen atoms in total. The van der Waals surface area contributed by atoms with E-state index >= 15 is 0 Å². The van der Waals surface area contributed by atoms with Gasteiger partial charge in [0.25, 0.3) is 11.8 Å². The van der Waals surface area contributed by atoms with E-state index in [2.05, 4.69) is 26.1 Å². The molecule has 30 heavy (non-hydrogen) atoms. The molecule has 0 radical (unpaired) electrons. The second kappa shape index (κ2) is 7.45. The summed E-state index contributed by atoms with van der Waals surface area (Å²) in [4.78, 5) is 27.2. The molecule has 0 aromatic heterocycles. The quantitative estimate of drug-likeness (QED) is 0.615. The lowest BCUT2D eigenvalue weighted by atomic mass is 9.87. The molecule has 3 aromatic rings. The number of nitrogens with one attached hydrogen (secondary N) is 1. The van der Waals surface area contributed by atoms with E-state index in [9.17, 15) is 9.59 Å². The van der Waals surface area contributed by atoms with Gasteiger partial charge in [0.15, 0.2) is 0 Å². The fraction of sp³-hybridized carbons (Fsp3) is 0.231. The SMILES string of the molecule is Cc1cc(N2Cc3ccccc3C2=O)ccc1NC(=O)c1ccc(C(C)(C)C)cc1. The average molecular weight is 399 g/mol. The Morgan fingerprint density at radius 1 is 0.967 bits per heavy atom. The molecule has 0 saturated carbocycles. The second-order valence-corrected chi connectivity index (χ2v) is 8.83. The first-order chi connectivity index (χ1) is 14.2. The summed E-state index contributed by atoms with van der Waals surface area (Å²) in [5.41, 5.74) is 6.15. The van der Waals surface area contributed by atoms with Crippen molar-refractivity contribution in [1.29, 1.82) is 0 Å². The summed E-state index contributed by atoms with van der Waals surface area (Å²) in [6.07, 6.45) is 0. The van der Waals surface area contributed by atoms with Gasteiger partial charge in [0, 0.05) is 22.5 Å². The summed E-state index contributed by atoms with van der Waals surface area (Å²) < 4.78 is 0. The predicted octanol–water partition coefficient (Wildman–Crippen LogP) is 5.71. The van der Waals surface area contributed by atoms with Crippen molar-refractivity contribution < 1.29 is 9.59 Å². The molecule has 0 unspecified atom stereocenters. The monoisotopic (exact) mass is 398 g/mol. The summed E-state index contributed by atoms with van der Waals surface area (Å²) in [5.74, 6) is -0.128. The maximum atomic E-state index is 12.7. The largest absolute Gasteiger partial charge is 0.322 e. The van der Waals surface area contributed by atoms with E-state index in [4.69, 9.17) is 0 Å². The lowest BCUT2D eigenvalue weighted by molar-refractivity contribution is 0.0994. The number of hydrogen-bond acceptors (Lipinski definition) is 2. The normalized spacial score (nSPS) is 13.3. The Labute approximate surface area is 177 Å². The first-order valence-corrected chi connectivity index (χ1v) is 10.2. The van der Waals surface area contributed by atoms with Crippen molar-refractivity contribution in [1.82, 2.24) is 0 Å². The average Bonchev–Trinajstić information content (AvgIpc) is 3.06. The Balaban J connectivity index is 1.50. The summed E-state index contributed by atoms with van der Waals surface area (Å²) in [6.45, 7) is 8.96. The highest BCUT2D eigenvalue weighted by Crippen LogP contribution is 2.31. The molecule has 1 heterocycles. The highest BCUT2D eigenvalue weighted by atomic mass is 16.2. The van der Waals surface area contributed by atoms with E-state index in [0.29, 0.717) is 12.1 Å². The van der Waals surface area contributed by atoms with Crippen LogP contribution in [0.2, 0.25) is 0 Å². The van der Waals surface area contributed by atoms with E-state index in [1.54, 1.807) is 4.90 Å². The Morgan fingerprint density at radius 2 is 1.67 bits per heavy atom. The Bertz CT molecular complexity index is 1120. The number of amides is 2. The van der Waals surface area contributed by atoms with Crippen LogP contribution in [0.1, 0.15) is 58.2 Å². The van der Waals surface area contributed by atoms with Gasteiger partial charge in [-0.1, -0.05) is 51.1 Å². The first kappa shape index (κ1) is 19.9. The van der Waals surface area contributed by atoms with E-state index in [0.717, 1.165) is 28.1 Å². The second-order valence-electron chi connectivity index (χ2n) is 8.83. The van der Waals surface area contributed by atoms with Crippen LogP contribution in [0.3, 0.4) is 0 Å². The van der Waals surface area contributed by atoms with Gasteiger partial charge in [0.1, 0.15) is 0 Å². The molecule has 3 aromatic carbocycles. The summed E-state index contributed by atoms with van der Waals surface area (Å²) in [7, 11) is 0. The zero-order chi connectivity index (χ0) is 21.5.